The third kappa shape index (κ3) is 5.29. The number of anilines is 1. The number of alkyl halides is 3. The van der Waals surface area contributed by atoms with Gasteiger partial charge in [-0.1, -0.05) is 17.7 Å². The topological polar surface area (TPSA) is 76.7 Å². The highest BCUT2D eigenvalue weighted by molar-refractivity contribution is 6.39. The van der Waals surface area contributed by atoms with Crippen molar-refractivity contribution in [3.8, 4) is 11.5 Å². The minimum Gasteiger partial charge on any atom is -0.493 e. The predicted octanol–water partition coefficient (Wildman–Crippen LogP) is 3.63. The molecule has 2 aromatic rings. The lowest BCUT2D eigenvalue weighted by Gasteiger charge is -2.12. The summed E-state index contributed by atoms with van der Waals surface area (Å²) in [5, 5.41) is 4.16. The largest absolute Gasteiger partial charge is 0.493 e. The van der Waals surface area contributed by atoms with Gasteiger partial charge in [-0.25, -0.2) is 0 Å². The Bertz CT molecular complexity index is 888. The number of ether oxygens (including phenoxy) is 2. The molecule has 2 N–H and O–H groups in total. The zero-order chi connectivity index (χ0) is 20.9. The molecule has 2 aromatic carbocycles. The van der Waals surface area contributed by atoms with Crippen LogP contribution in [0.25, 0.3) is 0 Å². The first-order valence-electron chi connectivity index (χ1n) is 7.82. The van der Waals surface area contributed by atoms with E-state index in [9.17, 15) is 22.8 Å². The monoisotopic (exact) mass is 416 g/mol. The van der Waals surface area contributed by atoms with E-state index in [-0.39, 0.29) is 17.8 Å². The van der Waals surface area contributed by atoms with Gasteiger partial charge in [0.1, 0.15) is 0 Å². The Balaban J connectivity index is 2.01. The molecule has 0 heterocycles. The molecule has 150 valence electrons. The molecule has 2 rings (SSSR count). The molecule has 0 aliphatic carbocycles. The number of rotatable bonds is 5. The van der Waals surface area contributed by atoms with E-state index in [0.29, 0.717) is 11.5 Å². The summed E-state index contributed by atoms with van der Waals surface area (Å²) in [7, 11) is 2.86. The Labute approximate surface area is 163 Å². The third-order valence-corrected chi connectivity index (χ3v) is 3.97. The summed E-state index contributed by atoms with van der Waals surface area (Å²) in [5.41, 5.74) is -0.594. The van der Waals surface area contributed by atoms with E-state index < -0.39 is 28.6 Å². The van der Waals surface area contributed by atoms with Crippen molar-refractivity contribution in [2.75, 3.05) is 19.5 Å². The van der Waals surface area contributed by atoms with Crippen molar-refractivity contribution in [2.45, 2.75) is 12.7 Å². The maximum Gasteiger partial charge on any atom is 0.417 e. The average molecular weight is 417 g/mol. The van der Waals surface area contributed by atoms with Gasteiger partial charge >= 0.3 is 18.0 Å². The van der Waals surface area contributed by atoms with Gasteiger partial charge in [-0.05, 0) is 29.8 Å². The molecule has 2 amide bonds. The quantitative estimate of drug-likeness (QED) is 0.730. The van der Waals surface area contributed by atoms with Crippen LogP contribution in [0.5, 0.6) is 11.5 Å². The minimum atomic E-state index is -4.62. The summed E-state index contributed by atoms with van der Waals surface area (Å²) in [6.45, 7) is -0.279. The highest BCUT2D eigenvalue weighted by Crippen LogP contribution is 2.35. The number of nitrogens with one attached hydrogen (secondary N) is 2. The lowest BCUT2D eigenvalue weighted by atomic mass is 10.1. The Morgan fingerprint density at radius 1 is 1.00 bits per heavy atom. The summed E-state index contributed by atoms with van der Waals surface area (Å²) in [5.74, 6) is -1.22. The number of carbonyl (C=O) groups excluding carboxylic acids is 2. The van der Waals surface area contributed by atoms with E-state index in [2.05, 4.69) is 10.6 Å². The average Bonchev–Trinajstić information content (AvgIpc) is 2.65. The molecular weight excluding hydrogens is 401 g/mol. The van der Waals surface area contributed by atoms with Crippen LogP contribution >= 0.6 is 11.6 Å². The Morgan fingerprint density at radius 3 is 2.29 bits per heavy atom. The number of hydrogen-bond acceptors (Lipinski definition) is 4. The van der Waals surface area contributed by atoms with E-state index in [1.807, 2.05) is 0 Å². The van der Waals surface area contributed by atoms with Gasteiger partial charge in [0.05, 0.1) is 24.8 Å². The zero-order valence-corrected chi connectivity index (χ0v) is 15.6. The van der Waals surface area contributed by atoms with Gasteiger partial charge in [-0.15, -0.1) is 0 Å². The van der Waals surface area contributed by atoms with Crippen LogP contribution in [-0.2, 0) is 22.3 Å². The Hall–Kier alpha value is -2.94. The van der Waals surface area contributed by atoms with E-state index in [1.165, 1.54) is 32.4 Å². The first-order chi connectivity index (χ1) is 13.2. The molecular formula is C18H16ClF3N2O4. The van der Waals surface area contributed by atoms with Crippen molar-refractivity contribution in [3.05, 3.63) is 52.5 Å². The summed E-state index contributed by atoms with van der Waals surface area (Å²) >= 11 is 5.54. The van der Waals surface area contributed by atoms with Gasteiger partial charge in [-0.2, -0.15) is 13.2 Å². The molecule has 6 nitrogen and oxygen atoms in total. The van der Waals surface area contributed by atoms with Crippen molar-refractivity contribution in [2.24, 2.45) is 0 Å². The molecule has 0 saturated heterocycles. The van der Waals surface area contributed by atoms with Gasteiger partial charge in [0.2, 0.25) is 0 Å². The number of hydrogen-bond donors (Lipinski definition) is 2. The normalized spacial score (nSPS) is 10.9. The number of carbonyl (C=O) groups is 2. The third-order valence-electron chi connectivity index (χ3n) is 3.64. The summed E-state index contributed by atoms with van der Waals surface area (Å²) in [6.07, 6.45) is -4.62. The van der Waals surface area contributed by atoms with Crippen molar-refractivity contribution in [1.82, 2.24) is 5.32 Å². The van der Waals surface area contributed by atoms with E-state index in [1.54, 1.807) is 6.07 Å². The molecule has 0 aliphatic heterocycles. The van der Waals surface area contributed by atoms with E-state index in [4.69, 9.17) is 21.1 Å². The van der Waals surface area contributed by atoms with Crippen molar-refractivity contribution in [3.63, 3.8) is 0 Å². The van der Waals surface area contributed by atoms with Gasteiger partial charge in [0.15, 0.2) is 11.5 Å². The summed E-state index contributed by atoms with van der Waals surface area (Å²) in [4.78, 5) is 23.9. The second kappa shape index (κ2) is 8.83. The maximum absolute atomic E-state index is 12.9. The highest BCUT2D eigenvalue weighted by Gasteiger charge is 2.33. The van der Waals surface area contributed by atoms with Gasteiger partial charge < -0.3 is 20.1 Å². The van der Waals surface area contributed by atoms with Crippen LogP contribution in [0.3, 0.4) is 0 Å². The van der Waals surface area contributed by atoms with Crippen LogP contribution in [0.1, 0.15) is 11.1 Å². The van der Waals surface area contributed by atoms with Crippen LogP contribution in [0.15, 0.2) is 36.4 Å². The molecule has 0 saturated carbocycles. The molecule has 10 heteroatoms. The maximum atomic E-state index is 12.9. The van der Waals surface area contributed by atoms with Crippen LogP contribution in [0.2, 0.25) is 5.02 Å². The van der Waals surface area contributed by atoms with E-state index in [0.717, 1.165) is 12.1 Å². The Kier molecular flexibility index (Phi) is 6.74. The van der Waals surface area contributed by atoms with Gasteiger partial charge in [0, 0.05) is 18.3 Å². The zero-order valence-electron chi connectivity index (χ0n) is 14.8. The standard InChI is InChI=1S/C18H16ClF3N2O4/c1-27-14-6-4-11(8-15(14)28-2)24-17(26)16(25)23-9-10-3-5-13(19)12(7-10)18(20,21)22/h3-8H,9H2,1-2H3,(H,23,25)(H,24,26). The van der Waals surface area contributed by atoms with Crippen molar-refractivity contribution in [1.29, 1.82) is 0 Å². The second-order valence-corrected chi connectivity index (χ2v) is 5.93. The van der Waals surface area contributed by atoms with Crippen molar-refractivity contribution >= 4 is 29.1 Å². The first kappa shape index (κ1) is 21.4. The molecule has 0 fully saturated rings. The van der Waals surface area contributed by atoms with Crippen LogP contribution in [0.4, 0.5) is 18.9 Å². The predicted molar refractivity (Wildman–Crippen MR) is 96.5 cm³/mol. The summed E-state index contributed by atoms with van der Waals surface area (Å²) < 4.78 is 48.7. The highest BCUT2D eigenvalue weighted by atomic mass is 35.5. The number of halogens is 4. The van der Waals surface area contributed by atoms with Gasteiger partial charge in [0.25, 0.3) is 0 Å². The summed E-state index contributed by atoms with van der Waals surface area (Å²) in [6, 6.07) is 7.72. The van der Waals surface area contributed by atoms with Crippen LogP contribution in [0, 0.1) is 0 Å². The number of methoxy groups -OCH3 is 2. The SMILES string of the molecule is COc1ccc(NC(=O)C(=O)NCc2ccc(Cl)c(C(F)(F)F)c2)cc1OC. The fraction of sp³-hybridized carbons (Fsp3) is 0.222. The fourth-order valence-electron chi connectivity index (χ4n) is 2.26. The number of benzene rings is 2. The Morgan fingerprint density at radius 2 is 1.68 bits per heavy atom. The van der Waals surface area contributed by atoms with Crippen LogP contribution < -0.4 is 20.1 Å². The molecule has 0 aliphatic rings. The second-order valence-electron chi connectivity index (χ2n) is 5.52. The van der Waals surface area contributed by atoms with Crippen LogP contribution in [-0.4, -0.2) is 26.0 Å². The molecule has 0 aromatic heterocycles. The molecule has 28 heavy (non-hydrogen) atoms. The fourth-order valence-corrected chi connectivity index (χ4v) is 2.49. The molecule has 0 unspecified atom stereocenters. The smallest absolute Gasteiger partial charge is 0.417 e. The molecule has 0 spiro atoms. The van der Waals surface area contributed by atoms with Crippen molar-refractivity contribution < 1.29 is 32.2 Å². The lowest BCUT2D eigenvalue weighted by Crippen LogP contribution is -2.35. The first-order valence-corrected chi connectivity index (χ1v) is 8.20. The lowest BCUT2D eigenvalue weighted by molar-refractivity contribution is -0.137. The molecule has 0 atom stereocenters. The van der Waals surface area contributed by atoms with Gasteiger partial charge in [-0.3, -0.25) is 9.59 Å². The minimum absolute atomic E-state index is 0.143. The number of amides is 2. The van der Waals surface area contributed by atoms with E-state index >= 15 is 0 Å². The molecule has 0 radical (unpaired) electrons. The molecule has 0 bridgehead atoms.